The topological polar surface area (TPSA) is 33.5 Å². The van der Waals surface area contributed by atoms with E-state index in [2.05, 4.69) is 0 Å². The molecule has 4 heteroatoms. The molecular weight excluding hydrogens is 306 g/mol. The van der Waals surface area contributed by atoms with E-state index < -0.39 is 0 Å². The summed E-state index contributed by atoms with van der Waals surface area (Å²) >= 11 is 1.55. The normalized spacial score (nSPS) is 10.4. The molecule has 0 saturated heterocycles. The van der Waals surface area contributed by atoms with Gasteiger partial charge in [-0.2, -0.15) is 0 Å². The molecule has 0 fully saturated rings. The minimum absolute atomic E-state index is 0.0546. The zero-order chi connectivity index (χ0) is 15.9. The standard InChI is InChI=1S/C19H17NO2S/c21-19(15-23-14-18-12-7-13-22-18)20(16-8-3-1-4-9-16)17-10-5-2-6-11-17/h1-13H,14-15H2. The van der Waals surface area contributed by atoms with Crippen molar-refractivity contribution in [3.05, 3.63) is 84.8 Å². The lowest BCUT2D eigenvalue weighted by molar-refractivity contribution is -0.115. The first-order valence-corrected chi connectivity index (χ1v) is 8.53. The van der Waals surface area contributed by atoms with E-state index in [9.17, 15) is 4.79 Å². The van der Waals surface area contributed by atoms with Crippen molar-refractivity contribution < 1.29 is 9.21 Å². The Kier molecular flexibility index (Phi) is 5.17. The summed E-state index contributed by atoms with van der Waals surface area (Å²) < 4.78 is 5.30. The minimum Gasteiger partial charge on any atom is -0.468 e. The van der Waals surface area contributed by atoms with Crippen LogP contribution in [0.5, 0.6) is 0 Å². The molecule has 1 heterocycles. The van der Waals surface area contributed by atoms with Crippen molar-refractivity contribution in [1.29, 1.82) is 0 Å². The molecule has 3 nitrogen and oxygen atoms in total. The first kappa shape index (κ1) is 15.4. The van der Waals surface area contributed by atoms with Crippen LogP contribution < -0.4 is 4.90 Å². The fraction of sp³-hybridized carbons (Fsp3) is 0.105. The number of furan rings is 1. The second-order valence-corrected chi connectivity index (χ2v) is 5.96. The van der Waals surface area contributed by atoms with Gasteiger partial charge < -0.3 is 4.42 Å². The van der Waals surface area contributed by atoms with Crippen LogP contribution in [-0.2, 0) is 10.5 Å². The van der Waals surface area contributed by atoms with E-state index in [1.54, 1.807) is 22.9 Å². The van der Waals surface area contributed by atoms with Crippen molar-refractivity contribution in [2.45, 2.75) is 5.75 Å². The van der Waals surface area contributed by atoms with Crippen LogP contribution in [0.25, 0.3) is 0 Å². The predicted octanol–water partition coefficient (Wildman–Crippen LogP) is 4.88. The molecule has 0 spiro atoms. The Bertz CT molecular complexity index is 687. The van der Waals surface area contributed by atoms with Crippen molar-refractivity contribution in [1.82, 2.24) is 0 Å². The number of carbonyl (C=O) groups is 1. The molecule has 0 saturated carbocycles. The van der Waals surface area contributed by atoms with Gasteiger partial charge in [-0.25, -0.2) is 0 Å². The minimum atomic E-state index is 0.0546. The molecular formula is C19H17NO2S. The number of benzene rings is 2. The molecule has 0 unspecified atom stereocenters. The second kappa shape index (κ2) is 7.70. The number of para-hydroxylation sites is 2. The zero-order valence-corrected chi connectivity index (χ0v) is 13.4. The largest absolute Gasteiger partial charge is 0.468 e. The maximum absolute atomic E-state index is 12.7. The quantitative estimate of drug-likeness (QED) is 0.648. The SMILES string of the molecule is O=C(CSCc1ccco1)N(c1ccccc1)c1ccccc1. The predicted molar refractivity (Wildman–Crippen MR) is 94.9 cm³/mol. The van der Waals surface area contributed by atoms with Gasteiger partial charge in [-0.3, -0.25) is 9.69 Å². The maximum Gasteiger partial charge on any atom is 0.241 e. The number of hydrogen-bond donors (Lipinski definition) is 0. The molecule has 116 valence electrons. The van der Waals surface area contributed by atoms with Crippen LogP contribution in [0.3, 0.4) is 0 Å². The van der Waals surface area contributed by atoms with E-state index in [1.807, 2.05) is 72.8 Å². The van der Waals surface area contributed by atoms with Crippen molar-refractivity contribution in [2.75, 3.05) is 10.7 Å². The van der Waals surface area contributed by atoms with Gasteiger partial charge in [-0.15, -0.1) is 11.8 Å². The smallest absolute Gasteiger partial charge is 0.241 e. The van der Waals surface area contributed by atoms with Crippen LogP contribution in [0, 0.1) is 0 Å². The summed E-state index contributed by atoms with van der Waals surface area (Å²) in [4.78, 5) is 14.5. The number of carbonyl (C=O) groups excluding carboxylic acids is 1. The van der Waals surface area contributed by atoms with E-state index in [1.165, 1.54) is 0 Å². The lowest BCUT2D eigenvalue weighted by Gasteiger charge is -2.22. The summed E-state index contributed by atoms with van der Waals surface area (Å²) in [5.74, 6) is 2.02. The van der Waals surface area contributed by atoms with Crippen LogP contribution in [0.15, 0.2) is 83.5 Å². The molecule has 1 aromatic heterocycles. The first-order chi connectivity index (χ1) is 11.3. The molecule has 0 bridgehead atoms. The Labute approximate surface area is 139 Å². The van der Waals surface area contributed by atoms with Crippen LogP contribution in [0.1, 0.15) is 5.76 Å². The van der Waals surface area contributed by atoms with Crippen molar-refractivity contribution in [2.24, 2.45) is 0 Å². The average Bonchev–Trinajstić information content (AvgIpc) is 3.10. The summed E-state index contributed by atoms with van der Waals surface area (Å²) in [5.41, 5.74) is 1.75. The van der Waals surface area contributed by atoms with Gasteiger partial charge in [0.05, 0.1) is 17.8 Å². The van der Waals surface area contributed by atoms with Gasteiger partial charge in [-0.1, -0.05) is 36.4 Å². The van der Waals surface area contributed by atoms with Crippen molar-refractivity contribution in [3.8, 4) is 0 Å². The van der Waals surface area contributed by atoms with E-state index >= 15 is 0 Å². The van der Waals surface area contributed by atoms with Crippen LogP contribution in [-0.4, -0.2) is 11.7 Å². The molecule has 1 amide bonds. The summed E-state index contributed by atoms with van der Waals surface area (Å²) in [7, 11) is 0. The monoisotopic (exact) mass is 323 g/mol. The Balaban J connectivity index is 1.74. The number of thioether (sulfide) groups is 1. The van der Waals surface area contributed by atoms with Crippen LogP contribution >= 0.6 is 11.8 Å². The zero-order valence-electron chi connectivity index (χ0n) is 12.6. The van der Waals surface area contributed by atoms with Gasteiger partial charge in [0.15, 0.2) is 0 Å². The third-order valence-electron chi connectivity index (χ3n) is 3.33. The molecule has 0 N–H and O–H groups in total. The average molecular weight is 323 g/mol. The lowest BCUT2D eigenvalue weighted by Crippen LogP contribution is -2.27. The van der Waals surface area contributed by atoms with Crippen LogP contribution in [0.2, 0.25) is 0 Å². The van der Waals surface area contributed by atoms with Crippen molar-refractivity contribution in [3.63, 3.8) is 0 Å². The Morgan fingerprint density at radius 2 is 1.48 bits per heavy atom. The molecule has 0 aliphatic rings. The molecule has 0 aliphatic heterocycles. The van der Waals surface area contributed by atoms with Crippen LogP contribution in [0.4, 0.5) is 11.4 Å². The Morgan fingerprint density at radius 1 is 0.870 bits per heavy atom. The number of hydrogen-bond acceptors (Lipinski definition) is 3. The third-order valence-corrected chi connectivity index (χ3v) is 4.27. The molecule has 0 atom stereocenters. The highest BCUT2D eigenvalue weighted by molar-refractivity contribution is 7.99. The highest BCUT2D eigenvalue weighted by Crippen LogP contribution is 2.26. The first-order valence-electron chi connectivity index (χ1n) is 7.38. The van der Waals surface area contributed by atoms with Gasteiger partial charge >= 0.3 is 0 Å². The summed E-state index contributed by atoms with van der Waals surface area (Å²) in [6.07, 6.45) is 1.65. The van der Waals surface area contributed by atoms with Gasteiger partial charge in [-0.05, 0) is 36.4 Å². The Hall–Kier alpha value is -2.46. The highest BCUT2D eigenvalue weighted by Gasteiger charge is 2.17. The second-order valence-electron chi connectivity index (χ2n) is 4.97. The van der Waals surface area contributed by atoms with Gasteiger partial charge in [0, 0.05) is 11.4 Å². The number of amides is 1. The molecule has 3 aromatic rings. The van der Waals surface area contributed by atoms with Gasteiger partial charge in [0.1, 0.15) is 5.76 Å². The number of nitrogens with zero attached hydrogens (tertiary/aromatic N) is 1. The Morgan fingerprint density at radius 3 is 2.00 bits per heavy atom. The van der Waals surface area contributed by atoms with Crippen molar-refractivity contribution >= 4 is 29.0 Å². The van der Waals surface area contributed by atoms with E-state index in [-0.39, 0.29) is 5.91 Å². The van der Waals surface area contributed by atoms with E-state index in [0.717, 1.165) is 17.1 Å². The van der Waals surface area contributed by atoms with E-state index in [0.29, 0.717) is 11.5 Å². The fourth-order valence-corrected chi connectivity index (χ4v) is 3.06. The summed E-state index contributed by atoms with van der Waals surface area (Å²) in [6.45, 7) is 0. The molecule has 0 radical (unpaired) electrons. The highest BCUT2D eigenvalue weighted by atomic mass is 32.2. The van der Waals surface area contributed by atoms with Gasteiger partial charge in [0.2, 0.25) is 5.91 Å². The third kappa shape index (κ3) is 4.05. The summed E-state index contributed by atoms with van der Waals surface area (Å²) in [5, 5.41) is 0. The maximum atomic E-state index is 12.7. The molecule has 23 heavy (non-hydrogen) atoms. The summed E-state index contributed by atoms with van der Waals surface area (Å²) in [6, 6.07) is 23.2. The number of anilines is 2. The molecule has 3 rings (SSSR count). The lowest BCUT2D eigenvalue weighted by atomic mass is 10.2. The molecule has 2 aromatic carbocycles. The van der Waals surface area contributed by atoms with Gasteiger partial charge in [0.25, 0.3) is 0 Å². The molecule has 0 aliphatic carbocycles. The fourth-order valence-electron chi connectivity index (χ4n) is 2.29. The van der Waals surface area contributed by atoms with E-state index in [4.69, 9.17) is 4.42 Å². The number of rotatable bonds is 6.